The highest BCUT2D eigenvalue weighted by atomic mass is 16.5. The molecule has 2 aromatic rings. The summed E-state index contributed by atoms with van der Waals surface area (Å²) in [6.07, 6.45) is 2.60. The van der Waals surface area contributed by atoms with Crippen LogP contribution in [0.4, 0.5) is 0 Å². The van der Waals surface area contributed by atoms with Gasteiger partial charge in [0.2, 0.25) is 5.91 Å². The Morgan fingerprint density at radius 3 is 2.25 bits per heavy atom. The molecule has 10 nitrogen and oxygen atoms in total. The van der Waals surface area contributed by atoms with E-state index in [1.54, 1.807) is 15.8 Å². The molecule has 0 atom stereocenters. The molecular weight excluding hydrogens is 414 g/mol. The van der Waals surface area contributed by atoms with Gasteiger partial charge in [0, 0.05) is 26.2 Å². The number of amides is 1. The van der Waals surface area contributed by atoms with Crippen molar-refractivity contribution >= 4 is 23.0 Å². The molecule has 0 bridgehead atoms. The van der Waals surface area contributed by atoms with E-state index in [1.807, 2.05) is 27.7 Å². The molecular formula is C22H33N5O5. The zero-order valence-electron chi connectivity index (χ0n) is 19.5. The molecule has 10 heteroatoms. The number of methoxy groups -OCH3 is 1. The maximum atomic E-state index is 13.3. The first kappa shape index (κ1) is 23.7. The Labute approximate surface area is 186 Å². The molecule has 0 aromatic carbocycles. The van der Waals surface area contributed by atoms with Gasteiger partial charge in [-0.3, -0.25) is 19.0 Å². The quantitative estimate of drug-likeness (QED) is 0.588. The number of carbonyl (C=O) groups excluding carboxylic acids is 2. The fraction of sp³-hybridized carbons (Fsp3) is 0.682. The lowest BCUT2D eigenvalue weighted by molar-refractivity contribution is -0.149. The predicted molar refractivity (Wildman–Crippen MR) is 119 cm³/mol. The molecule has 0 aliphatic carbocycles. The molecule has 2 aromatic heterocycles. The van der Waals surface area contributed by atoms with E-state index in [4.69, 9.17) is 4.74 Å². The number of esters is 1. The number of fused-ring (bicyclic) bond motifs is 1. The number of rotatable bonds is 7. The van der Waals surface area contributed by atoms with Crippen molar-refractivity contribution < 1.29 is 14.3 Å². The van der Waals surface area contributed by atoms with Crippen LogP contribution in [-0.4, -0.2) is 55.7 Å². The maximum absolute atomic E-state index is 13.3. The minimum absolute atomic E-state index is 0.158. The highest BCUT2D eigenvalue weighted by Crippen LogP contribution is 2.19. The van der Waals surface area contributed by atoms with Crippen molar-refractivity contribution in [2.75, 3.05) is 20.2 Å². The Morgan fingerprint density at radius 2 is 1.69 bits per heavy atom. The van der Waals surface area contributed by atoms with E-state index in [0.29, 0.717) is 50.2 Å². The first-order valence-electron chi connectivity index (χ1n) is 11.2. The van der Waals surface area contributed by atoms with Crippen LogP contribution in [0.2, 0.25) is 0 Å². The summed E-state index contributed by atoms with van der Waals surface area (Å²) < 4.78 is 9.08. The number of carbonyl (C=O) groups is 2. The molecule has 1 aliphatic rings. The lowest BCUT2D eigenvalue weighted by Crippen LogP contribution is -2.47. The first-order valence-corrected chi connectivity index (χ1v) is 11.2. The van der Waals surface area contributed by atoms with Crippen LogP contribution in [0.3, 0.4) is 0 Å². The lowest BCUT2D eigenvalue weighted by atomic mass is 9.97. The van der Waals surface area contributed by atoms with E-state index in [1.165, 1.54) is 11.7 Å². The van der Waals surface area contributed by atoms with Crippen molar-refractivity contribution in [3.8, 4) is 0 Å². The molecule has 1 amide bonds. The Kier molecular flexibility index (Phi) is 7.20. The molecule has 1 aliphatic heterocycles. The average Bonchev–Trinajstić information content (AvgIpc) is 3.16. The maximum Gasteiger partial charge on any atom is 0.333 e. The van der Waals surface area contributed by atoms with Crippen LogP contribution in [0.15, 0.2) is 15.9 Å². The number of hydrogen-bond acceptors (Lipinski definition) is 6. The molecule has 1 saturated heterocycles. The SMILES string of the molecule is COC(=O)C1CCN(C(=O)Cn2c(=O)c3c(ncn3CC(C)C)n(CC(C)C)c2=O)CC1. The molecule has 32 heavy (non-hydrogen) atoms. The van der Waals surface area contributed by atoms with Gasteiger partial charge in [-0.25, -0.2) is 14.3 Å². The number of nitrogens with zero attached hydrogens (tertiary/aromatic N) is 5. The first-order chi connectivity index (χ1) is 15.1. The fourth-order valence-electron chi connectivity index (χ4n) is 4.21. The van der Waals surface area contributed by atoms with E-state index >= 15 is 0 Å². The number of likely N-dealkylation sites (tertiary alicyclic amines) is 1. The largest absolute Gasteiger partial charge is 0.469 e. The summed E-state index contributed by atoms with van der Waals surface area (Å²) in [4.78, 5) is 57.2. The molecule has 3 heterocycles. The Balaban J connectivity index is 1.95. The standard InChI is InChI=1S/C22H33N5O5/c1-14(2)10-25-13-23-19-18(25)20(29)27(22(31)26(19)11-15(3)4)12-17(28)24-8-6-16(7-9-24)21(30)32-5/h13-16H,6-12H2,1-5H3. The van der Waals surface area contributed by atoms with Crippen molar-refractivity contribution in [3.63, 3.8) is 0 Å². The molecule has 0 spiro atoms. The topological polar surface area (TPSA) is 108 Å². The summed E-state index contributed by atoms with van der Waals surface area (Å²) in [6.45, 7) is 9.47. The molecule has 176 valence electrons. The Hall–Kier alpha value is -2.91. The third kappa shape index (κ3) is 4.78. The zero-order chi connectivity index (χ0) is 23.6. The van der Waals surface area contributed by atoms with Gasteiger partial charge in [0.15, 0.2) is 11.2 Å². The zero-order valence-corrected chi connectivity index (χ0v) is 19.5. The molecule has 0 unspecified atom stereocenters. The average molecular weight is 448 g/mol. The molecule has 0 radical (unpaired) electrons. The van der Waals surface area contributed by atoms with Gasteiger partial charge in [0.05, 0.1) is 19.4 Å². The third-order valence-electron chi connectivity index (χ3n) is 5.77. The molecule has 0 saturated carbocycles. The van der Waals surface area contributed by atoms with Crippen LogP contribution in [0.25, 0.3) is 11.2 Å². The van der Waals surface area contributed by atoms with Crippen molar-refractivity contribution in [3.05, 3.63) is 27.2 Å². The summed E-state index contributed by atoms with van der Waals surface area (Å²) >= 11 is 0. The number of imidazole rings is 1. The van der Waals surface area contributed by atoms with E-state index in [9.17, 15) is 19.2 Å². The second kappa shape index (κ2) is 9.70. The van der Waals surface area contributed by atoms with E-state index in [-0.39, 0.29) is 36.2 Å². The van der Waals surface area contributed by atoms with Crippen molar-refractivity contribution in [2.24, 2.45) is 17.8 Å². The van der Waals surface area contributed by atoms with Gasteiger partial charge in [-0.05, 0) is 24.7 Å². The van der Waals surface area contributed by atoms with Crippen LogP contribution in [0.5, 0.6) is 0 Å². The smallest absolute Gasteiger partial charge is 0.333 e. The third-order valence-corrected chi connectivity index (χ3v) is 5.77. The van der Waals surface area contributed by atoms with Crippen molar-refractivity contribution in [1.29, 1.82) is 0 Å². The summed E-state index contributed by atoms with van der Waals surface area (Å²) in [5.41, 5.74) is -0.321. The summed E-state index contributed by atoms with van der Waals surface area (Å²) in [6, 6.07) is 0. The van der Waals surface area contributed by atoms with Gasteiger partial charge >= 0.3 is 11.7 Å². The van der Waals surface area contributed by atoms with Gasteiger partial charge in [-0.1, -0.05) is 27.7 Å². The summed E-state index contributed by atoms with van der Waals surface area (Å²) in [5, 5.41) is 0. The van der Waals surface area contributed by atoms with Crippen LogP contribution in [0, 0.1) is 17.8 Å². The van der Waals surface area contributed by atoms with Gasteiger partial charge in [0.25, 0.3) is 5.56 Å². The van der Waals surface area contributed by atoms with Crippen molar-refractivity contribution in [2.45, 2.75) is 60.2 Å². The van der Waals surface area contributed by atoms with Gasteiger partial charge in [-0.2, -0.15) is 0 Å². The van der Waals surface area contributed by atoms with Gasteiger partial charge < -0.3 is 14.2 Å². The number of hydrogen-bond donors (Lipinski definition) is 0. The van der Waals surface area contributed by atoms with E-state index in [0.717, 1.165) is 4.57 Å². The second-order valence-electron chi connectivity index (χ2n) is 9.32. The highest BCUT2D eigenvalue weighted by Gasteiger charge is 2.29. The van der Waals surface area contributed by atoms with E-state index in [2.05, 4.69) is 4.98 Å². The van der Waals surface area contributed by atoms with Crippen LogP contribution in [0.1, 0.15) is 40.5 Å². The fourth-order valence-corrected chi connectivity index (χ4v) is 4.21. The van der Waals surface area contributed by atoms with Gasteiger partial charge in [-0.15, -0.1) is 0 Å². The molecule has 1 fully saturated rings. The van der Waals surface area contributed by atoms with Crippen LogP contribution in [-0.2, 0) is 34.0 Å². The van der Waals surface area contributed by atoms with Crippen molar-refractivity contribution in [1.82, 2.24) is 23.6 Å². The lowest BCUT2D eigenvalue weighted by Gasteiger charge is -2.30. The van der Waals surface area contributed by atoms with Gasteiger partial charge in [0.1, 0.15) is 6.54 Å². The minimum atomic E-state index is -0.524. The molecule has 0 N–H and O–H groups in total. The van der Waals surface area contributed by atoms with E-state index < -0.39 is 11.2 Å². The summed E-state index contributed by atoms with van der Waals surface area (Å²) in [5.74, 6) is -0.364. The van der Waals surface area contributed by atoms with Crippen LogP contribution >= 0.6 is 0 Å². The Bertz CT molecular complexity index is 1100. The predicted octanol–water partition coefficient (Wildman–Crippen LogP) is 1.08. The Morgan fingerprint density at radius 1 is 1.06 bits per heavy atom. The minimum Gasteiger partial charge on any atom is -0.469 e. The highest BCUT2D eigenvalue weighted by molar-refractivity contribution is 5.78. The summed E-state index contributed by atoms with van der Waals surface area (Å²) in [7, 11) is 1.36. The number of ether oxygens (including phenoxy) is 1. The van der Waals surface area contributed by atoms with Crippen LogP contribution < -0.4 is 11.2 Å². The monoisotopic (exact) mass is 447 g/mol. The number of piperidine rings is 1. The normalized spacial score (nSPS) is 15.2. The molecule has 3 rings (SSSR count). The number of aromatic nitrogens is 4. The second-order valence-corrected chi connectivity index (χ2v) is 9.32.